The molecule has 6 nitrogen and oxygen atoms in total. The molecule has 0 rings (SSSR count). The summed E-state index contributed by atoms with van der Waals surface area (Å²) < 4.78 is 4.36. The SMILES string of the molecule is C=COC=C.CCCCCCCCCCCCCCCCCC(=O)O.CCCCCCCCCCCCCCCCCC(=O)O.O. The lowest BCUT2D eigenvalue weighted by atomic mass is 10.0. The van der Waals surface area contributed by atoms with E-state index in [9.17, 15) is 9.59 Å². The molecule has 0 amide bonds. The van der Waals surface area contributed by atoms with E-state index in [4.69, 9.17) is 10.2 Å². The predicted molar refractivity (Wildman–Crippen MR) is 199 cm³/mol. The van der Waals surface area contributed by atoms with Gasteiger partial charge in [0.05, 0.1) is 12.5 Å². The van der Waals surface area contributed by atoms with E-state index in [1.807, 2.05) is 0 Å². The first-order valence-corrected chi connectivity index (χ1v) is 19.3. The molecule has 276 valence electrons. The molecule has 0 radical (unpaired) electrons. The fraction of sp³-hybridized carbons (Fsp3) is 0.850. The van der Waals surface area contributed by atoms with Gasteiger partial charge in [-0.3, -0.25) is 9.59 Å². The Morgan fingerprint density at radius 1 is 0.413 bits per heavy atom. The third-order valence-electron chi connectivity index (χ3n) is 8.18. The molecule has 0 heterocycles. The van der Waals surface area contributed by atoms with Gasteiger partial charge in [0.25, 0.3) is 0 Å². The molecule has 0 aromatic heterocycles. The highest BCUT2D eigenvalue weighted by atomic mass is 16.5. The molecule has 0 saturated heterocycles. The monoisotopic (exact) mass is 657 g/mol. The van der Waals surface area contributed by atoms with Crippen LogP contribution in [0.4, 0.5) is 0 Å². The van der Waals surface area contributed by atoms with Crippen LogP contribution in [0.15, 0.2) is 25.7 Å². The van der Waals surface area contributed by atoms with Crippen LogP contribution in [-0.2, 0) is 14.3 Å². The molecule has 0 aliphatic carbocycles. The lowest BCUT2D eigenvalue weighted by molar-refractivity contribution is -0.138. The summed E-state index contributed by atoms with van der Waals surface area (Å²) in [4.78, 5) is 20.7. The van der Waals surface area contributed by atoms with Crippen molar-refractivity contribution in [3.8, 4) is 0 Å². The van der Waals surface area contributed by atoms with Crippen LogP contribution >= 0.6 is 0 Å². The molecule has 0 fully saturated rings. The van der Waals surface area contributed by atoms with Gasteiger partial charge < -0.3 is 20.4 Å². The number of aliphatic carboxylic acids is 2. The van der Waals surface area contributed by atoms with Crippen LogP contribution in [0.5, 0.6) is 0 Å². The lowest BCUT2D eigenvalue weighted by Gasteiger charge is -2.03. The summed E-state index contributed by atoms with van der Waals surface area (Å²) in [6, 6.07) is 0. The molecule has 0 aromatic carbocycles. The maximum absolute atomic E-state index is 10.3. The third-order valence-corrected chi connectivity index (χ3v) is 8.18. The van der Waals surface area contributed by atoms with Crippen LogP contribution in [0, 0.1) is 0 Å². The maximum Gasteiger partial charge on any atom is 0.303 e. The molecule has 0 saturated carbocycles. The second-order valence-electron chi connectivity index (χ2n) is 12.7. The van der Waals surface area contributed by atoms with Gasteiger partial charge in [0.15, 0.2) is 0 Å². The second-order valence-corrected chi connectivity index (χ2v) is 12.7. The molecule has 0 atom stereocenters. The zero-order chi connectivity index (χ0) is 33.9. The van der Waals surface area contributed by atoms with Gasteiger partial charge in [0.1, 0.15) is 0 Å². The minimum atomic E-state index is -0.653. The summed E-state index contributed by atoms with van der Waals surface area (Å²) >= 11 is 0. The number of carbonyl (C=O) groups is 2. The number of hydrogen-bond donors (Lipinski definition) is 2. The van der Waals surface area contributed by atoms with E-state index in [0.717, 1.165) is 25.7 Å². The Morgan fingerprint density at radius 2 is 0.587 bits per heavy atom. The summed E-state index contributed by atoms with van der Waals surface area (Å²) in [5.41, 5.74) is 0. The lowest BCUT2D eigenvalue weighted by Crippen LogP contribution is -1.93. The first-order chi connectivity index (χ1) is 22.0. The van der Waals surface area contributed by atoms with Gasteiger partial charge in [-0.05, 0) is 12.8 Å². The molecule has 6 heteroatoms. The average molecular weight is 657 g/mol. The Bertz CT molecular complexity index is 542. The number of hydrogen-bond acceptors (Lipinski definition) is 3. The normalized spacial score (nSPS) is 10.0. The van der Waals surface area contributed by atoms with Gasteiger partial charge >= 0.3 is 11.9 Å². The van der Waals surface area contributed by atoms with Crippen molar-refractivity contribution in [3.63, 3.8) is 0 Å². The number of carboxylic acid groups (broad SMARTS) is 2. The zero-order valence-electron chi connectivity index (χ0n) is 30.8. The fourth-order valence-electron chi connectivity index (χ4n) is 5.36. The van der Waals surface area contributed by atoms with Crippen molar-refractivity contribution in [1.82, 2.24) is 0 Å². The number of rotatable bonds is 34. The molecular formula is C40H80O6. The maximum atomic E-state index is 10.3. The smallest absolute Gasteiger partial charge is 0.303 e. The number of ether oxygens (including phenoxy) is 1. The fourth-order valence-corrected chi connectivity index (χ4v) is 5.36. The summed E-state index contributed by atoms with van der Waals surface area (Å²) in [7, 11) is 0. The van der Waals surface area contributed by atoms with Crippen LogP contribution in [0.1, 0.15) is 219 Å². The number of unbranched alkanes of at least 4 members (excludes halogenated alkanes) is 28. The highest BCUT2D eigenvalue weighted by Crippen LogP contribution is 2.15. The van der Waals surface area contributed by atoms with E-state index >= 15 is 0 Å². The molecule has 4 N–H and O–H groups in total. The van der Waals surface area contributed by atoms with Gasteiger partial charge in [0, 0.05) is 12.8 Å². The molecule has 0 bridgehead atoms. The van der Waals surface area contributed by atoms with Crippen LogP contribution < -0.4 is 0 Å². The van der Waals surface area contributed by atoms with E-state index in [2.05, 4.69) is 31.7 Å². The van der Waals surface area contributed by atoms with Crippen molar-refractivity contribution in [3.05, 3.63) is 25.7 Å². The van der Waals surface area contributed by atoms with Gasteiger partial charge in [-0.1, -0.05) is 207 Å². The van der Waals surface area contributed by atoms with Gasteiger partial charge in [-0.15, -0.1) is 0 Å². The van der Waals surface area contributed by atoms with Crippen molar-refractivity contribution >= 4 is 11.9 Å². The Kier molecular flexibility index (Phi) is 55.5. The Morgan fingerprint density at radius 3 is 0.717 bits per heavy atom. The van der Waals surface area contributed by atoms with Crippen molar-refractivity contribution in [2.75, 3.05) is 0 Å². The highest BCUT2D eigenvalue weighted by Gasteiger charge is 1.98. The van der Waals surface area contributed by atoms with E-state index in [0.29, 0.717) is 12.8 Å². The average Bonchev–Trinajstić information content (AvgIpc) is 3.02. The Balaban J connectivity index is -0.000000327. The summed E-state index contributed by atoms with van der Waals surface area (Å²) in [5, 5.41) is 17.0. The van der Waals surface area contributed by atoms with Crippen molar-refractivity contribution in [1.29, 1.82) is 0 Å². The van der Waals surface area contributed by atoms with Crippen LogP contribution in [0.3, 0.4) is 0 Å². The molecule has 0 spiro atoms. The largest absolute Gasteiger partial charge is 0.481 e. The molecule has 0 aliphatic heterocycles. The Hall–Kier alpha value is -1.82. The van der Waals surface area contributed by atoms with Crippen molar-refractivity contribution in [2.24, 2.45) is 0 Å². The third kappa shape index (κ3) is 61.2. The number of carboxylic acids is 2. The Labute approximate surface area is 286 Å². The summed E-state index contributed by atoms with van der Waals surface area (Å²) in [6.45, 7) is 11.1. The summed E-state index contributed by atoms with van der Waals surface area (Å²) in [5.74, 6) is -1.31. The predicted octanol–water partition coefficient (Wildman–Crippen LogP) is 13.1. The van der Waals surface area contributed by atoms with Crippen LogP contribution in [0.2, 0.25) is 0 Å². The van der Waals surface area contributed by atoms with E-state index < -0.39 is 11.9 Å². The van der Waals surface area contributed by atoms with E-state index in [1.165, 1.54) is 179 Å². The van der Waals surface area contributed by atoms with Crippen LogP contribution in [-0.4, -0.2) is 27.6 Å². The van der Waals surface area contributed by atoms with Gasteiger partial charge in [-0.25, -0.2) is 0 Å². The minimum absolute atomic E-state index is 0. The standard InChI is InChI=1S/2C18H36O2.C4H6O.H2O/c2*1-2-3-4-5-6-7-8-9-10-11-12-13-14-15-16-17-18(19)20;1-3-5-4-2;/h2*2-17H2,1H3,(H,19,20);3-4H,1-2H2;1H2. The molecule has 46 heavy (non-hydrogen) atoms. The second kappa shape index (κ2) is 50.0. The molecule has 0 unspecified atom stereocenters. The van der Waals surface area contributed by atoms with Gasteiger partial charge in [0.2, 0.25) is 0 Å². The quantitative estimate of drug-likeness (QED) is 0.0528. The topological polar surface area (TPSA) is 115 Å². The highest BCUT2D eigenvalue weighted by molar-refractivity contribution is 5.66. The molecule has 0 aromatic rings. The first kappa shape index (κ1) is 51.0. The molecular weight excluding hydrogens is 576 g/mol. The van der Waals surface area contributed by atoms with Crippen molar-refractivity contribution < 1.29 is 30.0 Å². The van der Waals surface area contributed by atoms with Gasteiger partial charge in [-0.2, -0.15) is 0 Å². The first-order valence-electron chi connectivity index (χ1n) is 19.3. The van der Waals surface area contributed by atoms with E-state index in [1.54, 1.807) is 0 Å². The minimum Gasteiger partial charge on any atom is -0.481 e. The molecule has 0 aliphatic rings. The van der Waals surface area contributed by atoms with E-state index in [-0.39, 0.29) is 5.48 Å². The zero-order valence-corrected chi connectivity index (χ0v) is 30.8. The summed E-state index contributed by atoms with van der Waals surface area (Å²) in [6.07, 6.45) is 43.0. The van der Waals surface area contributed by atoms with Crippen LogP contribution in [0.25, 0.3) is 0 Å². The van der Waals surface area contributed by atoms with Crippen molar-refractivity contribution in [2.45, 2.75) is 219 Å².